The molecule has 2 aliphatic carbocycles. The summed E-state index contributed by atoms with van der Waals surface area (Å²) in [7, 11) is 0. The maximum atomic E-state index is 13.1. The van der Waals surface area contributed by atoms with E-state index in [0.717, 1.165) is 31.2 Å². The van der Waals surface area contributed by atoms with E-state index in [-0.39, 0.29) is 17.2 Å². The van der Waals surface area contributed by atoms with Crippen LogP contribution in [-0.4, -0.2) is 11.1 Å². The van der Waals surface area contributed by atoms with Gasteiger partial charge in [-0.3, -0.25) is 4.79 Å². The van der Waals surface area contributed by atoms with Crippen LogP contribution >= 0.6 is 0 Å². The van der Waals surface area contributed by atoms with Crippen LogP contribution < -0.4 is 0 Å². The van der Waals surface area contributed by atoms with E-state index in [1.807, 2.05) is 6.07 Å². The monoisotopic (exact) mass is 220 g/mol. The highest BCUT2D eigenvalue weighted by Gasteiger charge is 2.58. The van der Waals surface area contributed by atoms with Crippen molar-refractivity contribution >= 4 is 5.97 Å². The Kier molecular flexibility index (Phi) is 1.88. The summed E-state index contributed by atoms with van der Waals surface area (Å²) >= 11 is 0. The molecule has 1 saturated carbocycles. The standard InChI is InChI=1S/C13H13FO2/c14-10-2-1-8-3-4-13(6-9(8)5-10)7-11(13)12(15)16/h1-2,5,11H,3-4,6-7H2,(H,15,16). The molecule has 0 aromatic heterocycles. The Morgan fingerprint density at radius 3 is 2.94 bits per heavy atom. The smallest absolute Gasteiger partial charge is 0.307 e. The van der Waals surface area contributed by atoms with E-state index in [9.17, 15) is 9.18 Å². The molecule has 0 bridgehead atoms. The van der Waals surface area contributed by atoms with Crippen molar-refractivity contribution in [3.8, 4) is 0 Å². The minimum atomic E-state index is -0.695. The number of carboxylic acids is 1. The van der Waals surface area contributed by atoms with Crippen LogP contribution in [0.25, 0.3) is 0 Å². The Morgan fingerprint density at radius 2 is 2.25 bits per heavy atom. The molecular formula is C13H13FO2. The molecule has 3 rings (SSSR count). The van der Waals surface area contributed by atoms with Crippen molar-refractivity contribution in [2.45, 2.75) is 25.7 Å². The first-order valence-electron chi connectivity index (χ1n) is 5.61. The zero-order valence-corrected chi connectivity index (χ0v) is 8.87. The average Bonchev–Trinajstić information content (AvgIpc) is 2.92. The Bertz CT molecular complexity index is 469. The normalized spacial score (nSPS) is 31.2. The summed E-state index contributed by atoms with van der Waals surface area (Å²) in [4.78, 5) is 10.9. The third kappa shape index (κ3) is 1.34. The maximum absolute atomic E-state index is 13.1. The summed E-state index contributed by atoms with van der Waals surface area (Å²) in [6, 6.07) is 4.88. The molecule has 1 aromatic carbocycles. The van der Waals surface area contributed by atoms with Crippen LogP contribution in [0.4, 0.5) is 4.39 Å². The quantitative estimate of drug-likeness (QED) is 0.789. The molecule has 1 spiro atoms. The lowest BCUT2D eigenvalue weighted by molar-refractivity contribution is -0.139. The van der Waals surface area contributed by atoms with Gasteiger partial charge in [-0.25, -0.2) is 4.39 Å². The highest BCUT2D eigenvalue weighted by molar-refractivity contribution is 5.75. The molecule has 2 unspecified atom stereocenters. The molecule has 2 nitrogen and oxygen atoms in total. The topological polar surface area (TPSA) is 37.3 Å². The Morgan fingerprint density at radius 1 is 1.44 bits per heavy atom. The molecule has 2 atom stereocenters. The van der Waals surface area contributed by atoms with Gasteiger partial charge in [-0.2, -0.15) is 0 Å². The van der Waals surface area contributed by atoms with Crippen molar-refractivity contribution in [1.29, 1.82) is 0 Å². The van der Waals surface area contributed by atoms with Crippen molar-refractivity contribution in [2.75, 3.05) is 0 Å². The Labute approximate surface area is 93.1 Å². The number of carboxylic acid groups (broad SMARTS) is 1. The number of hydrogen-bond donors (Lipinski definition) is 1. The summed E-state index contributed by atoms with van der Waals surface area (Å²) in [5.41, 5.74) is 2.13. The van der Waals surface area contributed by atoms with Gasteiger partial charge in [-0.15, -0.1) is 0 Å². The van der Waals surface area contributed by atoms with Crippen LogP contribution in [-0.2, 0) is 17.6 Å². The lowest BCUT2D eigenvalue weighted by atomic mass is 9.80. The average molecular weight is 220 g/mol. The predicted molar refractivity (Wildman–Crippen MR) is 56.6 cm³/mol. The van der Waals surface area contributed by atoms with E-state index in [1.54, 1.807) is 6.07 Å². The zero-order valence-electron chi connectivity index (χ0n) is 8.87. The van der Waals surface area contributed by atoms with Crippen LogP contribution in [0.5, 0.6) is 0 Å². The van der Waals surface area contributed by atoms with Crippen LogP contribution in [0.1, 0.15) is 24.0 Å². The summed E-state index contributed by atoms with van der Waals surface area (Å²) in [5, 5.41) is 9.00. The molecule has 0 heterocycles. The minimum Gasteiger partial charge on any atom is -0.481 e. The van der Waals surface area contributed by atoms with Gasteiger partial charge in [0, 0.05) is 0 Å². The van der Waals surface area contributed by atoms with Gasteiger partial charge in [-0.1, -0.05) is 6.07 Å². The number of rotatable bonds is 1. The second-order valence-corrected chi connectivity index (χ2v) is 5.05. The van der Waals surface area contributed by atoms with Gasteiger partial charge in [0.2, 0.25) is 0 Å². The molecule has 1 aromatic rings. The number of hydrogen-bond acceptors (Lipinski definition) is 1. The summed E-state index contributed by atoms with van der Waals surface area (Å²) in [5.74, 6) is -1.12. The molecule has 16 heavy (non-hydrogen) atoms. The molecule has 1 fully saturated rings. The fourth-order valence-electron chi connectivity index (χ4n) is 3.02. The largest absolute Gasteiger partial charge is 0.481 e. The Balaban J connectivity index is 1.90. The van der Waals surface area contributed by atoms with Gasteiger partial charge in [0.05, 0.1) is 5.92 Å². The second-order valence-electron chi connectivity index (χ2n) is 5.05. The van der Waals surface area contributed by atoms with Gasteiger partial charge >= 0.3 is 5.97 Å². The number of carbonyl (C=O) groups is 1. The van der Waals surface area contributed by atoms with Crippen LogP contribution in [0.3, 0.4) is 0 Å². The first kappa shape index (κ1) is 9.82. The van der Waals surface area contributed by atoms with Crippen molar-refractivity contribution < 1.29 is 14.3 Å². The molecule has 0 saturated heterocycles. The summed E-state index contributed by atoms with van der Waals surface area (Å²) in [6.45, 7) is 0. The van der Waals surface area contributed by atoms with Crippen LogP contribution in [0, 0.1) is 17.2 Å². The lowest BCUT2D eigenvalue weighted by Gasteiger charge is -2.24. The molecule has 1 N–H and O–H groups in total. The molecule has 0 radical (unpaired) electrons. The first-order chi connectivity index (χ1) is 7.61. The van der Waals surface area contributed by atoms with E-state index in [1.165, 1.54) is 11.6 Å². The summed E-state index contributed by atoms with van der Waals surface area (Å²) in [6.07, 6.45) is 3.32. The van der Waals surface area contributed by atoms with E-state index in [4.69, 9.17) is 5.11 Å². The highest BCUT2D eigenvalue weighted by atomic mass is 19.1. The third-order valence-electron chi connectivity index (χ3n) is 4.09. The number of benzene rings is 1. The maximum Gasteiger partial charge on any atom is 0.307 e. The van der Waals surface area contributed by atoms with Crippen molar-refractivity contribution in [3.05, 3.63) is 35.1 Å². The van der Waals surface area contributed by atoms with Gasteiger partial charge in [0.15, 0.2) is 0 Å². The van der Waals surface area contributed by atoms with Crippen molar-refractivity contribution in [1.82, 2.24) is 0 Å². The van der Waals surface area contributed by atoms with E-state index < -0.39 is 5.97 Å². The van der Waals surface area contributed by atoms with Gasteiger partial charge in [0.25, 0.3) is 0 Å². The van der Waals surface area contributed by atoms with E-state index in [2.05, 4.69) is 0 Å². The molecule has 0 amide bonds. The van der Waals surface area contributed by atoms with Crippen LogP contribution in [0.2, 0.25) is 0 Å². The predicted octanol–water partition coefficient (Wildman–Crippen LogP) is 2.41. The number of aliphatic carboxylic acids is 1. The number of fused-ring (bicyclic) bond motifs is 1. The number of halogens is 1. The van der Waals surface area contributed by atoms with Gasteiger partial charge in [-0.05, 0) is 54.4 Å². The third-order valence-corrected chi connectivity index (χ3v) is 4.09. The molecule has 84 valence electrons. The van der Waals surface area contributed by atoms with Gasteiger partial charge < -0.3 is 5.11 Å². The van der Waals surface area contributed by atoms with Crippen molar-refractivity contribution in [3.63, 3.8) is 0 Å². The zero-order chi connectivity index (χ0) is 11.3. The fourth-order valence-corrected chi connectivity index (χ4v) is 3.02. The summed E-state index contributed by atoms with van der Waals surface area (Å²) < 4.78 is 13.1. The SMILES string of the molecule is O=C(O)C1CC12CCc1ccc(F)cc1C2. The highest BCUT2D eigenvalue weighted by Crippen LogP contribution is 2.60. The fraction of sp³-hybridized carbons (Fsp3) is 0.462. The van der Waals surface area contributed by atoms with Crippen LogP contribution in [0.15, 0.2) is 18.2 Å². The molecule has 3 heteroatoms. The number of aryl methyl sites for hydroxylation is 1. The van der Waals surface area contributed by atoms with E-state index in [0.29, 0.717) is 0 Å². The van der Waals surface area contributed by atoms with Gasteiger partial charge in [0.1, 0.15) is 5.82 Å². The lowest BCUT2D eigenvalue weighted by Crippen LogP contribution is -2.20. The van der Waals surface area contributed by atoms with Crippen molar-refractivity contribution in [2.24, 2.45) is 11.3 Å². The second kappa shape index (κ2) is 3.06. The molecular weight excluding hydrogens is 207 g/mol. The van der Waals surface area contributed by atoms with E-state index >= 15 is 0 Å². The molecule has 0 aliphatic heterocycles. The minimum absolute atomic E-state index is 0.0629. The molecule has 2 aliphatic rings. The first-order valence-corrected chi connectivity index (χ1v) is 5.61. The Hall–Kier alpha value is -1.38.